The Morgan fingerprint density at radius 1 is 1.03 bits per heavy atom. The van der Waals surface area contributed by atoms with Gasteiger partial charge < -0.3 is 19.7 Å². The van der Waals surface area contributed by atoms with Crippen molar-refractivity contribution in [3.63, 3.8) is 0 Å². The third-order valence-corrected chi connectivity index (χ3v) is 6.85. The molecule has 198 valence electrons. The molecule has 0 unspecified atom stereocenters. The smallest absolute Gasteiger partial charge is 0.244 e. The molecule has 9 nitrogen and oxygen atoms in total. The number of anilines is 1. The zero-order valence-corrected chi connectivity index (χ0v) is 22.7. The normalized spacial score (nSPS) is 11.9. The number of hydrogen-bond acceptors (Lipinski definition) is 6. The first kappa shape index (κ1) is 29.0. The summed E-state index contributed by atoms with van der Waals surface area (Å²) in [6.07, 6.45) is 2.17. The minimum atomic E-state index is -3.85. The van der Waals surface area contributed by atoms with Gasteiger partial charge in [0.25, 0.3) is 0 Å². The van der Waals surface area contributed by atoms with Crippen LogP contribution in [-0.4, -0.2) is 64.7 Å². The predicted octanol–water partition coefficient (Wildman–Crippen LogP) is 3.11. The van der Waals surface area contributed by atoms with Gasteiger partial charge in [-0.05, 0) is 37.5 Å². The molecule has 0 aliphatic rings. The van der Waals surface area contributed by atoms with Gasteiger partial charge >= 0.3 is 0 Å². The van der Waals surface area contributed by atoms with Crippen molar-refractivity contribution in [2.24, 2.45) is 0 Å². The topological polar surface area (TPSA) is 105 Å². The van der Waals surface area contributed by atoms with Crippen molar-refractivity contribution in [3.8, 4) is 11.5 Å². The highest BCUT2D eigenvalue weighted by Gasteiger charge is 2.32. The fourth-order valence-electron chi connectivity index (χ4n) is 3.89. The maximum atomic E-state index is 13.7. The van der Waals surface area contributed by atoms with E-state index in [0.29, 0.717) is 24.5 Å². The summed E-state index contributed by atoms with van der Waals surface area (Å²) in [4.78, 5) is 28.1. The lowest BCUT2D eigenvalue weighted by Crippen LogP contribution is -2.52. The molecule has 0 aliphatic heterocycles. The Hall–Kier alpha value is -3.27. The molecule has 0 spiro atoms. The van der Waals surface area contributed by atoms with Crippen molar-refractivity contribution in [2.45, 2.75) is 46.2 Å². The van der Waals surface area contributed by atoms with Gasteiger partial charge in [-0.25, -0.2) is 8.42 Å². The molecule has 0 aromatic heterocycles. The van der Waals surface area contributed by atoms with Gasteiger partial charge in [-0.2, -0.15) is 0 Å². The Labute approximate surface area is 214 Å². The van der Waals surface area contributed by atoms with Crippen LogP contribution < -0.4 is 19.1 Å². The Morgan fingerprint density at radius 2 is 1.72 bits per heavy atom. The van der Waals surface area contributed by atoms with Gasteiger partial charge in [0.05, 0.1) is 26.2 Å². The summed E-state index contributed by atoms with van der Waals surface area (Å²) < 4.78 is 37.1. The van der Waals surface area contributed by atoms with Gasteiger partial charge in [0.2, 0.25) is 21.8 Å². The molecule has 36 heavy (non-hydrogen) atoms. The van der Waals surface area contributed by atoms with E-state index < -0.39 is 28.5 Å². The fourth-order valence-corrected chi connectivity index (χ4v) is 4.73. The number of nitrogens with one attached hydrogen (secondary N) is 1. The van der Waals surface area contributed by atoms with Crippen molar-refractivity contribution < 1.29 is 27.5 Å². The number of sulfonamides is 1. The monoisotopic (exact) mass is 519 g/mol. The number of amides is 2. The number of benzene rings is 2. The lowest BCUT2D eigenvalue weighted by Gasteiger charge is -2.33. The highest BCUT2D eigenvalue weighted by atomic mass is 32.2. The standard InChI is InChI=1S/C26H37N3O6S/c1-7-14-27-26(31)22(8-2)28(17-20-11-9-10-19(3)15-20)25(30)18-29(36(6,32)33)21-12-13-23(34-4)24(16-21)35-5/h9-13,15-16,22H,7-8,14,17-18H2,1-6H3,(H,27,31)/t22-/m0/s1. The fraction of sp³-hybridized carbons (Fsp3) is 0.462. The van der Waals surface area contributed by atoms with Gasteiger partial charge in [-0.15, -0.1) is 0 Å². The second-order valence-corrected chi connectivity index (χ2v) is 10.4. The molecule has 10 heteroatoms. The number of rotatable bonds is 13. The van der Waals surface area contributed by atoms with Gasteiger partial charge in [-0.3, -0.25) is 13.9 Å². The number of hydrogen-bond donors (Lipinski definition) is 1. The Kier molecular flexibility index (Phi) is 10.6. The second-order valence-electron chi connectivity index (χ2n) is 8.53. The lowest BCUT2D eigenvalue weighted by molar-refractivity contribution is -0.140. The minimum absolute atomic E-state index is 0.169. The molecule has 2 amide bonds. The molecule has 2 aromatic carbocycles. The zero-order chi connectivity index (χ0) is 26.9. The Balaban J connectivity index is 2.47. The first-order valence-electron chi connectivity index (χ1n) is 11.9. The van der Waals surface area contributed by atoms with E-state index >= 15 is 0 Å². The third kappa shape index (κ3) is 7.61. The number of ether oxygens (including phenoxy) is 2. The summed E-state index contributed by atoms with van der Waals surface area (Å²) in [5, 5.41) is 2.86. The molecular weight excluding hydrogens is 482 g/mol. The first-order chi connectivity index (χ1) is 17.0. The van der Waals surface area contributed by atoms with Crippen LogP contribution in [0.25, 0.3) is 0 Å². The maximum absolute atomic E-state index is 13.7. The number of methoxy groups -OCH3 is 2. The molecule has 0 aliphatic carbocycles. The van der Waals surface area contributed by atoms with E-state index in [1.807, 2.05) is 45.0 Å². The third-order valence-electron chi connectivity index (χ3n) is 5.70. The predicted molar refractivity (Wildman–Crippen MR) is 141 cm³/mol. The molecule has 0 heterocycles. The molecule has 0 saturated carbocycles. The summed E-state index contributed by atoms with van der Waals surface area (Å²) >= 11 is 0. The zero-order valence-electron chi connectivity index (χ0n) is 21.9. The van der Waals surface area contributed by atoms with E-state index in [0.717, 1.165) is 28.1 Å². The Bertz CT molecular complexity index is 1150. The average Bonchev–Trinajstić information content (AvgIpc) is 2.84. The number of aryl methyl sites for hydroxylation is 1. The summed E-state index contributed by atoms with van der Waals surface area (Å²) in [6, 6.07) is 11.5. The highest BCUT2D eigenvalue weighted by molar-refractivity contribution is 7.92. The SMILES string of the molecule is CCCNC(=O)[C@H](CC)N(Cc1cccc(C)c1)C(=O)CN(c1ccc(OC)c(OC)c1)S(C)(=O)=O. The van der Waals surface area contributed by atoms with E-state index in [2.05, 4.69) is 5.32 Å². The van der Waals surface area contributed by atoms with Crippen molar-refractivity contribution in [1.29, 1.82) is 0 Å². The number of nitrogens with zero attached hydrogens (tertiary/aromatic N) is 2. The quantitative estimate of drug-likeness (QED) is 0.436. The van der Waals surface area contributed by atoms with Gasteiger partial charge in [0, 0.05) is 19.2 Å². The summed E-state index contributed by atoms with van der Waals surface area (Å²) in [5.74, 6) is 0.00595. The lowest BCUT2D eigenvalue weighted by atomic mass is 10.1. The van der Waals surface area contributed by atoms with Crippen molar-refractivity contribution >= 4 is 27.5 Å². The largest absolute Gasteiger partial charge is 0.493 e. The molecule has 1 N–H and O–H groups in total. The van der Waals surface area contributed by atoms with Crippen molar-refractivity contribution in [1.82, 2.24) is 10.2 Å². The van der Waals surface area contributed by atoms with Gasteiger partial charge in [0.1, 0.15) is 12.6 Å². The maximum Gasteiger partial charge on any atom is 0.244 e. The van der Waals surface area contributed by atoms with Gasteiger partial charge in [-0.1, -0.05) is 43.7 Å². The van der Waals surface area contributed by atoms with E-state index in [-0.39, 0.29) is 18.1 Å². The summed E-state index contributed by atoms with van der Waals surface area (Å²) in [7, 11) is -0.923. The molecule has 2 rings (SSSR count). The van der Waals surface area contributed by atoms with Crippen LogP contribution in [0.15, 0.2) is 42.5 Å². The second kappa shape index (κ2) is 13.2. The molecule has 0 radical (unpaired) electrons. The van der Waals surface area contributed by atoms with Crippen LogP contribution in [0.3, 0.4) is 0 Å². The van der Waals surface area contributed by atoms with Crippen LogP contribution in [0.4, 0.5) is 5.69 Å². The summed E-state index contributed by atoms with van der Waals surface area (Å²) in [5.41, 5.74) is 2.12. The number of carbonyl (C=O) groups is 2. The van der Waals surface area contributed by atoms with Crippen LogP contribution in [0, 0.1) is 6.92 Å². The van der Waals surface area contributed by atoms with E-state index in [9.17, 15) is 18.0 Å². The number of carbonyl (C=O) groups excluding carboxylic acids is 2. The molecule has 0 saturated heterocycles. The molecule has 2 aromatic rings. The van der Waals surface area contributed by atoms with Crippen molar-refractivity contribution in [2.75, 3.05) is 37.9 Å². The van der Waals surface area contributed by atoms with Crippen LogP contribution in [0.5, 0.6) is 11.5 Å². The minimum Gasteiger partial charge on any atom is -0.493 e. The molecule has 0 fully saturated rings. The molecular formula is C26H37N3O6S. The van der Waals surface area contributed by atoms with E-state index in [1.165, 1.54) is 25.2 Å². The first-order valence-corrected chi connectivity index (χ1v) is 13.7. The van der Waals surface area contributed by atoms with E-state index in [1.54, 1.807) is 12.1 Å². The van der Waals surface area contributed by atoms with Crippen molar-refractivity contribution in [3.05, 3.63) is 53.6 Å². The molecule has 0 bridgehead atoms. The van der Waals surface area contributed by atoms with Crippen LogP contribution in [-0.2, 0) is 26.2 Å². The van der Waals surface area contributed by atoms with Crippen LogP contribution in [0.1, 0.15) is 37.8 Å². The molecule has 1 atom stereocenters. The van der Waals surface area contributed by atoms with Crippen LogP contribution >= 0.6 is 0 Å². The van der Waals surface area contributed by atoms with Gasteiger partial charge in [0.15, 0.2) is 11.5 Å². The van der Waals surface area contributed by atoms with Crippen LogP contribution in [0.2, 0.25) is 0 Å². The Morgan fingerprint density at radius 3 is 2.28 bits per heavy atom. The summed E-state index contributed by atoms with van der Waals surface area (Å²) in [6.45, 7) is 5.91. The van der Waals surface area contributed by atoms with E-state index in [4.69, 9.17) is 9.47 Å². The average molecular weight is 520 g/mol. The highest BCUT2D eigenvalue weighted by Crippen LogP contribution is 2.32.